The van der Waals surface area contributed by atoms with Crippen molar-refractivity contribution in [2.24, 2.45) is 11.8 Å². The van der Waals surface area contributed by atoms with Crippen LogP contribution in [0.5, 0.6) is 0 Å². The Bertz CT molecular complexity index is 401. The zero-order valence-corrected chi connectivity index (χ0v) is 12.5. The fourth-order valence-electron chi connectivity index (χ4n) is 1.88. The summed E-state index contributed by atoms with van der Waals surface area (Å²) in [7, 11) is 0. The van der Waals surface area contributed by atoms with Gasteiger partial charge in [0.25, 0.3) is 0 Å². The molecular weight excluding hydrogens is 236 g/mol. The summed E-state index contributed by atoms with van der Waals surface area (Å²) in [5.74, 6) is 0.719. The third kappa shape index (κ3) is 5.77. The van der Waals surface area contributed by atoms with Gasteiger partial charge in [-0.3, -0.25) is 4.79 Å². The Kier molecular flexibility index (Phi) is 6.40. The topological polar surface area (TPSA) is 41.1 Å². The van der Waals surface area contributed by atoms with Crippen LogP contribution in [0.25, 0.3) is 0 Å². The van der Waals surface area contributed by atoms with Gasteiger partial charge in [-0.15, -0.1) is 0 Å². The van der Waals surface area contributed by atoms with Crippen molar-refractivity contribution in [3.05, 3.63) is 24.3 Å². The quantitative estimate of drug-likeness (QED) is 0.775. The van der Waals surface area contributed by atoms with Crippen LogP contribution in [0.2, 0.25) is 0 Å². The van der Waals surface area contributed by atoms with E-state index in [0.717, 1.165) is 17.9 Å². The number of benzene rings is 1. The minimum atomic E-state index is 0.00110. The summed E-state index contributed by atoms with van der Waals surface area (Å²) < 4.78 is 0. The second kappa shape index (κ2) is 7.82. The fourth-order valence-corrected chi connectivity index (χ4v) is 1.88. The highest BCUT2D eigenvalue weighted by Crippen LogP contribution is 2.17. The number of hydrogen-bond donors (Lipinski definition) is 2. The molecule has 0 heterocycles. The van der Waals surface area contributed by atoms with Crippen LogP contribution in [0.1, 0.15) is 40.5 Å². The molecule has 1 unspecified atom stereocenters. The number of rotatable bonds is 7. The van der Waals surface area contributed by atoms with Gasteiger partial charge in [-0.2, -0.15) is 0 Å². The Hall–Kier alpha value is -1.51. The zero-order chi connectivity index (χ0) is 14.3. The van der Waals surface area contributed by atoms with E-state index >= 15 is 0 Å². The van der Waals surface area contributed by atoms with Gasteiger partial charge < -0.3 is 10.6 Å². The lowest BCUT2D eigenvalue weighted by Crippen LogP contribution is -2.18. The average Bonchev–Trinajstić information content (AvgIpc) is 2.37. The maximum absolute atomic E-state index is 11.6. The predicted octanol–water partition coefficient (Wildman–Crippen LogP) is 4.13. The molecule has 0 bridgehead atoms. The Labute approximate surface area is 116 Å². The summed E-state index contributed by atoms with van der Waals surface area (Å²) in [5, 5.41) is 6.34. The van der Waals surface area contributed by atoms with Crippen molar-refractivity contribution in [1.82, 2.24) is 0 Å². The Morgan fingerprint density at radius 2 is 1.89 bits per heavy atom. The lowest BCUT2D eigenvalue weighted by molar-refractivity contribution is -0.118. The molecule has 0 aromatic heterocycles. The van der Waals surface area contributed by atoms with Gasteiger partial charge in [0.1, 0.15) is 0 Å². The summed E-state index contributed by atoms with van der Waals surface area (Å²) >= 11 is 0. The molecule has 0 radical (unpaired) electrons. The third-order valence-corrected chi connectivity index (χ3v) is 3.09. The van der Waals surface area contributed by atoms with Gasteiger partial charge in [0.05, 0.1) is 0 Å². The second-order valence-corrected chi connectivity index (χ2v) is 5.50. The van der Waals surface area contributed by atoms with Crippen LogP contribution in [0.4, 0.5) is 11.4 Å². The van der Waals surface area contributed by atoms with Crippen LogP contribution in [0.3, 0.4) is 0 Å². The van der Waals surface area contributed by atoms with Crippen molar-refractivity contribution in [2.45, 2.75) is 40.5 Å². The molecule has 19 heavy (non-hydrogen) atoms. The maximum Gasteiger partial charge on any atom is 0.226 e. The maximum atomic E-state index is 11.6. The van der Waals surface area contributed by atoms with E-state index in [-0.39, 0.29) is 11.8 Å². The van der Waals surface area contributed by atoms with E-state index in [1.165, 1.54) is 12.8 Å². The molecule has 3 nitrogen and oxygen atoms in total. The van der Waals surface area contributed by atoms with E-state index in [1.807, 2.05) is 38.1 Å². The molecule has 1 amide bonds. The van der Waals surface area contributed by atoms with Gasteiger partial charge in [0.2, 0.25) is 5.91 Å². The molecule has 1 aromatic rings. The molecule has 0 aliphatic rings. The first-order chi connectivity index (χ1) is 9.02. The van der Waals surface area contributed by atoms with Crippen LogP contribution in [-0.2, 0) is 4.79 Å². The molecule has 2 N–H and O–H groups in total. The highest BCUT2D eigenvalue weighted by Gasteiger charge is 2.07. The molecular formula is C16H26N2O. The van der Waals surface area contributed by atoms with E-state index in [4.69, 9.17) is 0 Å². The minimum absolute atomic E-state index is 0.00110. The standard InChI is InChI=1S/C16H26N2O/c1-5-7-13(4)11-17-14-8-6-9-15(10-14)18-16(19)12(2)3/h6,8-10,12-13,17H,5,7,11H2,1-4H3,(H,18,19). The Balaban J connectivity index is 2.54. The van der Waals surface area contributed by atoms with Crippen molar-refractivity contribution in [3.8, 4) is 0 Å². The second-order valence-electron chi connectivity index (χ2n) is 5.50. The summed E-state index contributed by atoms with van der Waals surface area (Å²) in [6.45, 7) is 9.21. The van der Waals surface area contributed by atoms with E-state index in [0.29, 0.717) is 5.92 Å². The van der Waals surface area contributed by atoms with Crippen molar-refractivity contribution < 1.29 is 4.79 Å². The first kappa shape index (κ1) is 15.5. The van der Waals surface area contributed by atoms with Crippen molar-refractivity contribution in [2.75, 3.05) is 17.2 Å². The van der Waals surface area contributed by atoms with Crippen LogP contribution >= 0.6 is 0 Å². The number of amides is 1. The number of nitrogens with one attached hydrogen (secondary N) is 2. The summed E-state index contributed by atoms with van der Waals surface area (Å²) in [6.07, 6.45) is 2.45. The molecule has 0 spiro atoms. The number of carbonyl (C=O) groups excluding carboxylic acids is 1. The fraction of sp³-hybridized carbons (Fsp3) is 0.562. The van der Waals surface area contributed by atoms with E-state index < -0.39 is 0 Å². The first-order valence-electron chi connectivity index (χ1n) is 7.17. The highest BCUT2D eigenvalue weighted by molar-refractivity contribution is 5.92. The largest absolute Gasteiger partial charge is 0.385 e. The predicted molar refractivity (Wildman–Crippen MR) is 82.5 cm³/mol. The molecule has 0 saturated carbocycles. The summed E-state index contributed by atoms with van der Waals surface area (Å²) in [6, 6.07) is 7.90. The van der Waals surface area contributed by atoms with E-state index in [1.54, 1.807) is 0 Å². The molecule has 1 atom stereocenters. The van der Waals surface area contributed by atoms with Gasteiger partial charge in [0.15, 0.2) is 0 Å². The first-order valence-corrected chi connectivity index (χ1v) is 7.17. The van der Waals surface area contributed by atoms with Crippen molar-refractivity contribution in [3.63, 3.8) is 0 Å². The highest BCUT2D eigenvalue weighted by atomic mass is 16.1. The van der Waals surface area contributed by atoms with E-state index in [9.17, 15) is 4.79 Å². The van der Waals surface area contributed by atoms with Crippen LogP contribution in [0, 0.1) is 11.8 Å². The molecule has 1 rings (SSSR count). The Morgan fingerprint density at radius 1 is 1.21 bits per heavy atom. The zero-order valence-electron chi connectivity index (χ0n) is 12.5. The monoisotopic (exact) mass is 262 g/mol. The van der Waals surface area contributed by atoms with Gasteiger partial charge in [-0.05, 0) is 30.5 Å². The number of anilines is 2. The Morgan fingerprint density at radius 3 is 2.53 bits per heavy atom. The number of hydrogen-bond acceptors (Lipinski definition) is 2. The van der Waals surface area contributed by atoms with Crippen LogP contribution < -0.4 is 10.6 Å². The van der Waals surface area contributed by atoms with E-state index in [2.05, 4.69) is 24.5 Å². The summed E-state index contributed by atoms with van der Waals surface area (Å²) in [5.41, 5.74) is 1.91. The molecule has 0 aliphatic carbocycles. The lowest BCUT2D eigenvalue weighted by Gasteiger charge is -2.14. The molecule has 0 aliphatic heterocycles. The lowest BCUT2D eigenvalue weighted by atomic mass is 10.1. The molecule has 0 fully saturated rings. The van der Waals surface area contributed by atoms with Crippen molar-refractivity contribution >= 4 is 17.3 Å². The minimum Gasteiger partial charge on any atom is -0.385 e. The molecule has 3 heteroatoms. The van der Waals surface area contributed by atoms with Gasteiger partial charge in [-0.1, -0.05) is 40.2 Å². The average molecular weight is 262 g/mol. The molecule has 1 aromatic carbocycles. The van der Waals surface area contributed by atoms with Gasteiger partial charge >= 0.3 is 0 Å². The SMILES string of the molecule is CCCC(C)CNc1cccc(NC(=O)C(C)C)c1. The molecule has 0 saturated heterocycles. The normalized spacial score (nSPS) is 12.3. The van der Waals surface area contributed by atoms with Crippen LogP contribution in [-0.4, -0.2) is 12.5 Å². The third-order valence-electron chi connectivity index (χ3n) is 3.09. The smallest absolute Gasteiger partial charge is 0.226 e. The number of carbonyl (C=O) groups is 1. The van der Waals surface area contributed by atoms with Gasteiger partial charge in [-0.25, -0.2) is 0 Å². The van der Waals surface area contributed by atoms with Crippen LogP contribution in [0.15, 0.2) is 24.3 Å². The van der Waals surface area contributed by atoms with Gasteiger partial charge in [0, 0.05) is 23.8 Å². The van der Waals surface area contributed by atoms with Crippen molar-refractivity contribution in [1.29, 1.82) is 0 Å². The molecule has 106 valence electrons. The summed E-state index contributed by atoms with van der Waals surface area (Å²) in [4.78, 5) is 11.6.